The molecule has 6 aromatic carbocycles. The zero-order chi connectivity index (χ0) is 79.0. The molecule has 10 rings (SSSR count). The summed E-state index contributed by atoms with van der Waals surface area (Å²) in [5.74, 6) is -9.36. The lowest BCUT2D eigenvalue weighted by Gasteiger charge is -2.38. The molecule has 36 heteroatoms. The summed E-state index contributed by atoms with van der Waals surface area (Å²) < 4.78 is 287. The van der Waals surface area contributed by atoms with Gasteiger partial charge in [-0.05, 0) is 122 Å². The number of ether oxygens (including phenoxy) is 3. The van der Waals surface area contributed by atoms with E-state index >= 15 is 0 Å². The molecule has 0 saturated carbocycles. The fourth-order valence-electron chi connectivity index (χ4n) is 14.0. The summed E-state index contributed by atoms with van der Waals surface area (Å²) in [4.78, 5) is 79.1. The third kappa shape index (κ3) is 15.5. The molecule has 4 amide bonds. The van der Waals surface area contributed by atoms with Crippen molar-refractivity contribution >= 4 is 55.2 Å². The van der Waals surface area contributed by atoms with Crippen LogP contribution >= 0.6 is 0 Å². The van der Waals surface area contributed by atoms with Gasteiger partial charge in [0.25, 0.3) is 11.2 Å². The first-order valence-electron chi connectivity index (χ1n) is 32.6. The molecule has 0 radical (unpaired) electrons. The molecule has 0 aliphatic carbocycles. The molecular weight excluding hydrogens is 1500 g/mol. The summed E-state index contributed by atoms with van der Waals surface area (Å²) in [6.45, 7) is -0.941. The molecule has 0 spiro atoms. The zero-order valence-corrected chi connectivity index (χ0v) is 58.3. The van der Waals surface area contributed by atoms with Crippen LogP contribution in [0.15, 0.2) is 143 Å². The molecule has 0 bridgehead atoms. The lowest BCUT2D eigenvalue weighted by molar-refractivity contribution is -0.393. The molecule has 2 N–H and O–H groups in total. The molecular formula is C71H67F15N4O15S2. The normalized spacial score (nSPS) is 18.9. The van der Waals surface area contributed by atoms with E-state index in [4.69, 9.17) is 4.74 Å². The van der Waals surface area contributed by atoms with Gasteiger partial charge in [0.15, 0.2) is 19.7 Å². The zero-order valence-electron chi connectivity index (χ0n) is 56.6. The molecule has 6 aromatic rings. The summed E-state index contributed by atoms with van der Waals surface area (Å²) in [5, 5.41) is 18.7. The van der Waals surface area contributed by atoms with Crippen molar-refractivity contribution in [3.05, 3.63) is 195 Å². The Balaban J connectivity index is 0.000000247. The van der Waals surface area contributed by atoms with Crippen LogP contribution in [0, 0.1) is 29.3 Å². The number of benzene rings is 6. The Morgan fingerprint density at radius 2 is 0.766 bits per heavy atom. The number of aromatic carboxylic acids is 2. The van der Waals surface area contributed by atoms with Gasteiger partial charge in [0.2, 0.25) is 23.6 Å². The van der Waals surface area contributed by atoms with Crippen molar-refractivity contribution in [1.82, 2.24) is 19.6 Å². The van der Waals surface area contributed by atoms with E-state index in [2.05, 4.69) is 9.47 Å². The van der Waals surface area contributed by atoms with Crippen LogP contribution in [0.3, 0.4) is 0 Å². The maximum atomic E-state index is 14.7. The highest BCUT2D eigenvalue weighted by atomic mass is 32.2. The van der Waals surface area contributed by atoms with Gasteiger partial charge in [-0.2, -0.15) is 52.7 Å². The Kier molecular flexibility index (Phi) is 23.5. The minimum Gasteiger partial charge on any atom is -0.497 e. The SMILES string of the molecule is CC(=O)N1CCC(C(=O)N2CC[C@](c3ccc(C(OCc4c(F)cccc4C(=O)O)(C(F)(F)F)C(F)(F)F)cc3)(S(=O)(=O)c3ccc(F)cc3)C2)CC1.COc1ccc(S(=O)(=O)[C@@]2(c3ccc(C(OCc4c(F)cccc4C(=O)O)(C(F)(F)F)C(F)(F)F)cc3)CCN(C(=O)C3CCN(C(C)=O)CC3)C2)cc1. The van der Waals surface area contributed by atoms with Crippen LogP contribution in [-0.2, 0) is 82.2 Å². The number of rotatable bonds is 19. The van der Waals surface area contributed by atoms with Crippen LogP contribution in [0.5, 0.6) is 5.75 Å². The predicted molar refractivity (Wildman–Crippen MR) is 346 cm³/mol. The van der Waals surface area contributed by atoms with E-state index in [1.807, 2.05) is 0 Å². The quantitative estimate of drug-likeness (QED) is 0.0565. The number of likely N-dealkylation sites (tertiary alicyclic amines) is 4. The lowest BCUT2D eigenvalue weighted by Crippen LogP contribution is -2.56. The summed E-state index contributed by atoms with van der Waals surface area (Å²) in [5.41, 5.74) is -17.9. The molecule has 4 aliphatic rings. The second-order valence-corrected chi connectivity index (χ2v) is 30.5. The van der Waals surface area contributed by atoms with Gasteiger partial charge < -0.3 is 44.0 Å². The highest BCUT2D eigenvalue weighted by Gasteiger charge is 2.75. The number of carbonyl (C=O) groups is 6. The standard InChI is InChI=1S/C36H35F7N2O8S.C35H32F8N2O7S/c1-22(46)44-17-14-23(15-18-44)31(47)45-19-16-33(21-45,54(50,51)27-12-10-26(52-2)11-13-27)24-6-8-25(9-7-24)34(35(38,39)40,36(41,42)43)53-20-29-28(32(48)49)4-3-5-30(29)37;1-21(46)44-16-13-22(14-17-44)30(47)45-18-15-32(20-45,53(50,51)26-11-9-25(36)10-12-26)23-5-7-24(8-6-23)33(34(38,39)40,35(41,42)43)52-19-28-27(31(48)49)3-2-4-29(28)37/h3-13,23H,14-21H2,1-2H3,(H,48,49);2-12,22H,13-20H2,1H3,(H,48,49)/t33-;32-/m00/s1. The molecule has 4 heterocycles. The number of halogens is 15. The van der Waals surface area contributed by atoms with E-state index in [1.54, 1.807) is 9.80 Å². The van der Waals surface area contributed by atoms with Gasteiger partial charge in [0, 0.05) is 100 Å². The number of piperidine rings is 2. The van der Waals surface area contributed by atoms with E-state index in [9.17, 15) is 122 Å². The Morgan fingerprint density at radius 3 is 1.06 bits per heavy atom. The Bertz CT molecular complexity index is 4520. The molecule has 0 unspecified atom stereocenters. The first kappa shape index (κ1) is 81.8. The first-order valence-corrected chi connectivity index (χ1v) is 35.6. The molecule has 578 valence electrons. The largest absolute Gasteiger partial charge is 0.497 e. The van der Waals surface area contributed by atoms with Crippen LogP contribution in [-0.4, -0.2) is 166 Å². The minimum atomic E-state index is -6.27. The van der Waals surface area contributed by atoms with Crippen LogP contribution in [0.25, 0.3) is 0 Å². The van der Waals surface area contributed by atoms with Crippen molar-refractivity contribution in [2.75, 3.05) is 59.5 Å². The van der Waals surface area contributed by atoms with Crippen molar-refractivity contribution in [3.63, 3.8) is 0 Å². The van der Waals surface area contributed by atoms with Gasteiger partial charge in [-0.1, -0.05) is 60.7 Å². The maximum Gasteiger partial charge on any atom is 0.430 e. The Labute approximate surface area is 601 Å². The molecule has 0 aromatic heterocycles. The van der Waals surface area contributed by atoms with E-state index in [0.29, 0.717) is 68.1 Å². The topological polar surface area (TPSA) is 252 Å². The predicted octanol–water partition coefficient (Wildman–Crippen LogP) is 12.6. The smallest absolute Gasteiger partial charge is 0.430 e. The first-order chi connectivity index (χ1) is 49.9. The second-order valence-electron chi connectivity index (χ2n) is 25.9. The van der Waals surface area contributed by atoms with E-state index in [0.717, 1.165) is 72.8 Å². The Hall–Kier alpha value is -9.29. The monoisotopic (exact) mass is 1560 g/mol. The maximum absolute atomic E-state index is 14.7. The fraction of sp³-hybridized carbons (Fsp3) is 0.408. The van der Waals surface area contributed by atoms with Crippen molar-refractivity contribution in [2.24, 2.45) is 11.8 Å². The summed E-state index contributed by atoms with van der Waals surface area (Å²) in [7, 11) is -7.83. The average Bonchev–Trinajstić information content (AvgIpc) is 1.72. The lowest BCUT2D eigenvalue weighted by atomic mass is 9.88. The minimum absolute atomic E-state index is 0.115. The molecule has 4 fully saturated rings. The number of hydrogen-bond acceptors (Lipinski definition) is 13. The summed E-state index contributed by atoms with van der Waals surface area (Å²) >= 11 is 0. The van der Waals surface area contributed by atoms with Crippen molar-refractivity contribution < 1.29 is 136 Å². The van der Waals surface area contributed by atoms with Crippen LogP contribution in [0.4, 0.5) is 65.9 Å². The van der Waals surface area contributed by atoms with Gasteiger partial charge in [-0.3, -0.25) is 19.2 Å². The fourth-order valence-corrected chi connectivity index (χ4v) is 18.2. The molecule has 4 saturated heterocycles. The number of hydrogen-bond donors (Lipinski definition) is 2. The van der Waals surface area contributed by atoms with Gasteiger partial charge in [-0.25, -0.2) is 39.6 Å². The summed E-state index contributed by atoms with van der Waals surface area (Å²) in [6, 6.07) is 18.0. The number of carboxylic acid groups (broad SMARTS) is 2. The van der Waals surface area contributed by atoms with E-state index in [1.165, 1.54) is 55.0 Å². The van der Waals surface area contributed by atoms with Gasteiger partial charge in [0.1, 0.15) is 32.7 Å². The van der Waals surface area contributed by atoms with Crippen molar-refractivity contribution in [3.8, 4) is 5.75 Å². The van der Waals surface area contributed by atoms with Gasteiger partial charge in [0.05, 0.1) is 41.2 Å². The van der Waals surface area contributed by atoms with Crippen LogP contribution in [0.2, 0.25) is 0 Å². The number of amides is 4. The van der Waals surface area contributed by atoms with Gasteiger partial charge >= 0.3 is 36.6 Å². The molecule has 2 atom stereocenters. The van der Waals surface area contributed by atoms with Crippen molar-refractivity contribution in [2.45, 2.75) is 121 Å². The molecule has 4 aliphatic heterocycles. The molecule has 19 nitrogen and oxygen atoms in total. The number of methoxy groups -OCH3 is 1. The van der Waals surface area contributed by atoms with Crippen LogP contribution < -0.4 is 4.74 Å². The third-order valence-electron chi connectivity index (χ3n) is 20.0. The third-order valence-corrected chi connectivity index (χ3v) is 25.0. The van der Waals surface area contributed by atoms with Gasteiger partial charge in [-0.15, -0.1) is 0 Å². The molecule has 107 heavy (non-hydrogen) atoms. The number of nitrogens with zero attached hydrogens (tertiary/aromatic N) is 4. The second kappa shape index (κ2) is 30.8. The Morgan fingerprint density at radius 1 is 0.449 bits per heavy atom. The number of carbonyl (C=O) groups excluding carboxylic acids is 4. The summed E-state index contributed by atoms with van der Waals surface area (Å²) in [6.07, 6.45) is -24.5. The number of carboxylic acids is 2. The van der Waals surface area contributed by atoms with E-state index < -0.39 is 183 Å². The average molecular weight is 1570 g/mol. The highest BCUT2D eigenvalue weighted by molar-refractivity contribution is 7.92. The van der Waals surface area contributed by atoms with E-state index in [-0.39, 0.29) is 79.7 Å². The van der Waals surface area contributed by atoms with Crippen LogP contribution in [0.1, 0.15) is 106 Å². The highest BCUT2D eigenvalue weighted by Crippen LogP contribution is 2.57. The van der Waals surface area contributed by atoms with Crippen molar-refractivity contribution in [1.29, 1.82) is 0 Å². The number of alkyl halides is 12. The number of sulfone groups is 2.